The Labute approximate surface area is 191 Å². The number of methoxy groups -OCH3 is 1. The van der Waals surface area contributed by atoms with Gasteiger partial charge in [0.15, 0.2) is 10.9 Å². The maximum atomic E-state index is 12.3. The normalized spacial score (nSPS) is 44.5. The van der Waals surface area contributed by atoms with E-state index in [1.165, 1.54) is 23.8 Å². The number of aldehydes is 1. The molecular formula is C26H38O4S. The monoisotopic (exact) mass is 446 g/mol. The Hall–Kier alpha value is -0.940. The second-order valence-electron chi connectivity index (χ2n) is 10.9. The molecule has 4 rings (SSSR count). The molecule has 0 saturated heterocycles. The number of thioether (sulfide) groups is 1. The van der Waals surface area contributed by atoms with Crippen LogP contribution in [-0.2, 0) is 19.1 Å². The van der Waals surface area contributed by atoms with Crippen molar-refractivity contribution in [1.82, 2.24) is 0 Å². The molecule has 4 nitrogen and oxygen atoms in total. The third-order valence-corrected chi connectivity index (χ3v) is 11.0. The van der Waals surface area contributed by atoms with Crippen molar-refractivity contribution in [2.45, 2.75) is 95.8 Å². The molecule has 7 atom stereocenters. The first-order chi connectivity index (χ1) is 14.7. The molecule has 31 heavy (non-hydrogen) atoms. The number of ether oxygens (including phenoxy) is 1. The highest BCUT2D eigenvalue weighted by Gasteiger charge is 2.64. The molecular weight excluding hydrogens is 408 g/mol. The number of hydrogen-bond donors (Lipinski definition) is 0. The molecule has 0 bridgehead atoms. The lowest BCUT2D eigenvalue weighted by molar-refractivity contribution is -0.206. The molecule has 0 amide bonds. The summed E-state index contributed by atoms with van der Waals surface area (Å²) in [5.74, 6) is 1.70. The summed E-state index contributed by atoms with van der Waals surface area (Å²) in [4.78, 5) is 35.8. The van der Waals surface area contributed by atoms with Crippen molar-refractivity contribution in [2.24, 2.45) is 28.6 Å². The summed E-state index contributed by atoms with van der Waals surface area (Å²) in [5.41, 5.74) is 1.13. The highest BCUT2D eigenvalue weighted by atomic mass is 32.2. The average molecular weight is 447 g/mol. The molecule has 0 aromatic rings. The van der Waals surface area contributed by atoms with Gasteiger partial charge < -0.3 is 9.53 Å². The van der Waals surface area contributed by atoms with Crippen molar-refractivity contribution in [3.8, 4) is 0 Å². The van der Waals surface area contributed by atoms with E-state index in [0.717, 1.165) is 51.2 Å². The molecule has 0 aromatic heterocycles. The Morgan fingerprint density at radius 3 is 2.68 bits per heavy atom. The van der Waals surface area contributed by atoms with Crippen LogP contribution in [-0.4, -0.2) is 35.1 Å². The highest BCUT2D eigenvalue weighted by molar-refractivity contribution is 8.14. The standard InChI is InChI=1S/C26H38O4S/c1-17(28)31-22-16-18-15-19(29)8-12-24(18,2)20-9-13-25(3)21(23(20)22)7-5-10-26(25,30-4)11-6-14-27/h14-15,20-23H,5-13,16H2,1-4H3/t20?,21?,22-,23?,24?,25?,26-/m1/s1. The minimum Gasteiger partial charge on any atom is -0.378 e. The van der Waals surface area contributed by atoms with Crippen LogP contribution < -0.4 is 0 Å². The molecule has 0 spiro atoms. The second-order valence-corrected chi connectivity index (χ2v) is 12.4. The van der Waals surface area contributed by atoms with Gasteiger partial charge >= 0.3 is 0 Å². The SMILES string of the molecule is CO[C@@]1(CCC=O)CCCC2C3C(CCC21C)C1(C)CCC(=O)C=C1C[C@H]3SC(C)=O. The van der Waals surface area contributed by atoms with E-state index in [4.69, 9.17) is 4.74 Å². The Morgan fingerprint density at radius 1 is 1.23 bits per heavy atom. The minimum atomic E-state index is -0.257. The molecule has 0 aliphatic heterocycles. The number of fused-ring (bicyclic) bond motifs is 5. The van der Waals surface area contributed by atoms with Gasteiger partial charge in [-0.2, -0.15) is 0 Å². The Kier molecular flexibility index (Phi) is 6.33. The van der Waals surface area contributed by atoms with Crippen LogP contribution >= 0.6 is 11.8 Å². The number of carbonyl (C=O) groups is 3. The molecule has 172 valence electrons. The molecule has 0 N–H and O–H groups in total. The van der Waals surface area contributed by atoms with Gasteiger partial charge in [-0.15, -0.1) is 0 Å². The lowest BCUT2D eigenvalue weighted by Gasteiger charge is -2.66. The van der Waals surface area contributed by atoms with Crippen molar-refractivity contribution in [3.63, 3.8) is 0 Å². The number of rotatable bonds is 5. The summed E-state index contributed by atoms with van der Waals surface area (Å²) in [7, 11) is 1.84. The number of ketones is 1. The fourth-order valence-electron chi connectivity index (χ4n) is 8.29. The quantitative estimate of drug-likeness (QED) is 0.520. The maximum absolute atomic E-state index is 12.3. The van der Waals surface area contributed by atoms with Gasteiger partial charge in [0, 0.05) is 32.1 Å². The molecule has 4 aliphatic rings. The summed E-state index contributed by atoms with van der Waals surface area (Å²) in [5, 5.41) is 0.410. The van der Waals surface area contributed by atoms with Gasteiger partial charge in [-0.05, 0) is 79.6 Å². The predicted octanol–water partition coefficient (Wildman–Crippen LogP) is 5.53. The van der Waals surface area contributed by atoms with Crippen LogP contribution in [0.5, 0.6) is 0 Å². The second kappa shape index (κ2) is 8.44. The van der Waals surface area contributed by atoms with Gasteiger partial charge in [0.1, 0.15) is 6.29 Å². The first-order valence-corrected chi connectivity index (χ1v) is 13.0. The molecule has 3 saturated carbocycles. The van der Waals surface area contributed by atoms with Crippen molar-refractivity contribution in [1.29, 1.82) is 0 Å². The Balaban J connectivity index is 1.77. The van der Waals surface area contributed by atoms with Crippen LogP contribution in [0.4, 0.5) is 0 Å². The van der Waals surface area contributed by atoms with E-state index in [9.17, 15) is 14.4 Å². The van der Waals surface area contributed by atoms with Crippen molar-refractivity contribution in [3.05, 3.63) is 11.6 Å². The topological polar surface area (TPSA) is 60.4 Å². The minimum absolute atomic E-state index is 0.0157. The molecule has 3 fully saturated rings. The summed E-state index contributed by atoms with van der Waals surface area (Å²) in [6.45, 7) is 6.48. The van der Waals surface area contributed by atoms with Crippen LogP contribution in [0.15, 0.2) is 11.6 Å². The van der Waals surface area contributed by atoms with Crippen LogP contribution in [0.25, 0.3) is 0 Å². The van der Waals surface area contributed by atoms with Gasteiger partial charge in [-0.3, -0.25) is 9.59 Å². The largest absolute Gasteiger partial charge is 0.378 e. The van der Waals surface area contributed by atoms with Gasteiger partial charge in [-0.1, -0.05) is 37.6 Å². The van der Waals surface area contributed by atoms with E-state index in [1.807, 2.05) is 13.2 Å². The third-order valence-electron chi connectivity index (χ3n) is 9.86. The van der Waals surface area contributed by atoms with Gasteiger partial charge in [-0.25, -0.2) is 0 Å². The van der Waals surface area contributed by atoms with Crippen molar-refractivity contribution < 1.29 is 19.1 Å². The summed E-state index contributed by atoms with van der Waals surface area (Å²) >= 11 is 1.51. The third kappa shape index (κ3) is 3.58. The highest BCUT2D eigenvalue weighted by Crippen LogP contribution is 2.68. The number of carbonyl (C=O) groups excluding carboxylic acids is 3. The van der Waals surface area contributed by atoms with Gasteiger partial charge in [0.05, 0.1) is 5.60 Å². The van der Waals surface area contributed by atoms with Crippen molar-refractivity contribution in [2.75, 3.05) is 7.11 Å². The van der Waals surface area contributed by atoms with Gasteiger partial charge in [0.25, 0.3) is 0 Å². The zero-order valence-corrected chi connectivity index (χ0v) is 20.4. The zero-order chi connectivity index (χ0) is 22.4. The van der Waals surface area contributed by atoms with Crippen LogP contribution in [0.3, 0.4) is 0 Å². The molecule has 0 radical (unpaired) electrons. The smallest absolute Gasteiger partial charge is 0.186 e. The molecule has 0 aromatic carbocycles. The van der Waals surface area contributed by atoms with Crippen LogP contribution in [0, 0.1) is 28.6 Å². The molecule has 4 aliphatic carbocycles. The number of hydrogen-bond acceptors (Lipinski definition) is 5. The van der Waals surface area contributed by atoms with Crippen molar-refractivity contribution >= 4 is 28.9 Å². The number of allylic oxidation sites excluding steroid dienone is 2. The predicted molar refractivity (Wildman–Crippen MR) is 124 cm³/mol. The lowest BCUT2D eigenvalue weighted by atomic mass is 9.42. The van der Waals surface area contributed by atoms with Crippen LogP contribution in [0.1, 0.15) is 85.0 Å². The fraction of sp³-hybridized carbons (Fsp3) is 0.808. The van der Waals surface area contributed by atoms with E-state index in [-0.39, 0.29) is 32.6 Å². The first-order valence-electron chi connectivity index (χ1n) is 12.1. The van der Waals surface area contributed by atoms with Crippen LogP contribution in [0.2, 0.25) is 0 Å². The van der Waals surface area contributed by atoms with E-state index in [0.29, 0.717) is 30.6 Å². The first kappa shape index (κ1) is 23.2. The summed E-state index contributed by atoms with van der Waals surface area (Å²) in [6.07, 6.45) is 12.3. The summed E-state index contributed by atoms with van der Waals surface area (Å²) < 4.78 is 6.31. The zero-order valence-electron chi connectivity index (χ0n) is 19.6. The summed E-state index contributed by atoms with van der Waals surface area (Å²) in [6, 6.07) is 0. The average Bonchev–Trinajstić information content (AvgIpc) is 2.73. The van der Waals surface area contributed by atoms with E-state index in [2.05, 4.69) is 13.8 Å². The molecule has 0 heterocycles. The Bertz CT molecular complexity index is 790. The molecule has 5 unspecified atom stereocenters. The maximum Gasteiger partial charge on any atom is 0.186 e. The van der Waals surface area contributed by atoms with E-state index >= 15 is 0 Å². The Morgan fingerprint density at radius 2 is 2.00 bits per heavy atom. The fourth-order valence-corrected chi connectivity index (χ4v) is 9.51. The lowest BCUT2D eigenvalue weighted by Crippen LogP contribution is -2.63. The van der Waals surface area contributed by atoms with E-state index in [1.54, 1.807) is 6.92 Å². The van der Waals surface area contributed by atoms with E-state index < -0.39 is 0 Å². The van der Waals surface area contributed by atoms with Gasteiger partial charge in [0.2, 0.25) is 0 Å². The molecule has 5 heteroatoms.